The fourth-order valence-electron chi connectivity index (χ4n) is 3.36. The van der Waals surface area contributed by atoms with E-state index in [0.717, 1.165) is 16.8 Å². The maximum atomic E-state index is 13.3. The van der Waals surface area contributed by atoms with Gasteiger partial charge in [0.1, 0.15) is 5.75 Å². The van der Waals surface area contributed by atoms with Gasteiger partial charge in [0.2, 0.25) is 0 Å². The zero-order valence-electron chi connectivity index (χ0n) is 19.6. The number of nitrogens with zero attached hydrogens (tertiary/aromatic N) is 2. The topological polar surface area (TPSA) is 68.2 Å². The second-order valence-corrected chi connectivity index (χ2v) is 9.12. The van der Waals surface area contributed by atoms with Gasteiger partial charge in [0.25, 0.3) is 5.91 Å². The molecule has 7 heteroatoms. The summed E-state index contributed by atoms with van der Waals surface area (Å²) in [7, 11) is 0. The highest BCUT2D eigenvalue weighted by atomic mass is 32.2. The third-order valence-electron chi connectivity index (χ3n) is 4.95. The standard InChI is InChI=1S/C28H26N2O4S/c1-20(2)34-26(31)19-33-24-15-13-21(14-16-24)17-25-27(32)30(18-22-9-5-3-6-10-22)28(35-25)29-23-11-7-4-8-12-23/h3-17,20H,18-19H2,1-2H3/b25-17-,29-28?. The summed E-state index contributed by atoms with van der Waals surface area (Å²) in [5.74, 6) is 0.0449. The van der Waals surface area contributed by atoms with Gasteiger partial charge in [0.15, 0.2) is 11.8 Å². The van der Waals surface area contributed by atoms with Gasteiger partial charge in [-0.3, -0.25) is 9.69 Å². The normalized spacial score (nSPS) is 15.7. The molecule has 178 valence electrons. The molecule has 3 aromatic rings. The van der Waals surface area contributed by atoms with E-state index in [2.05, 4.69) is 0 Å². The molecule has 35 heavy (non-hydrogen) atoms. The first-order valence-electron chi connectivity index (χ1n) is 11.3. The molecule has 0 N–H and O–H groups in total. The molecule has 1 heterocycles. The second kappa shape index (κ2) is 11.5. The summed E-state index contributed by atoms with van der Waals surface area (Å²) in [5.41, 5.74) is 2.67. The van der Waals surface area contributed by atoms with Crippen LogP contribution in [0.25, 0.3) is 6.08 Å². The number of hydrogen-bond donors (Lipinski definition) is 0. The Morgan fingerprint density at radius 2 is 1.63 bits per heavy atom. The summed E-state index contributed by atoms with van der Waals surface area (Å²) in [5, 5.41) is 0.639. The minimum atomic E-state index is -0.414. The first kappa shape index (κ1) is 24.3. The summed E-state index contributed by atoms with van der Waals surface area (Å²) in [6.45, 7) is 3.87. The van der Waals surface area contributed by atoms with Gasteiger partial charge >= 0.3 is 5.97 Å². The fraction of sp³-hybridized carbons (Fsp3) is 0.179. The Kier molecular flexibility index (Phi) is 8.00. The number of carbonyl (C=O) groups excluding carboxylic acids is 2. The minimum absolute atomic E-state index is 0.0923. The highest BCUT2D eigenvalue weighted by Gasteiger charge is 2.33. The van der Waals surface area contributed by atoms with Crippen LogP contribution in [0.3, 0.4) is 0 Å². The summed E-state index contributed by atoms with van der Waals surface area (Å²) < 4.78 is 10.6. The smallest absolute Gasteiger partial charge is 0.344 e. The molecule has 0 aromatic heterocycles. The van der Waals surface area contributed by atoms with E-state index in [1.54, 1.807) is 30.9 Å². The fourth-order valence-corrected chi connectivity index (χ4v) is 4.36. The molecule has 4 rings (SSSR count). The number of carbonyl (C=O) groups is 2. The molecule has 0 atom stereocenters. The van der Waals surface area contributed by atoms with E-state index in [9.17, 15) is 9.59 Å². The number of esters is 1. The highest BCUT2D eigenvalue weighted by molar-refractivity contribution is 8.18. The number of rotatable bonds is 8. The van der Waals surface area contributed by atoms with Crippen LogP contribution in [0.5, 0.6) is 5.75 Å². The molecule has 1 fully saturated rings. The van der Waals surface area contributed by atoms with Crippen LogP contribution in [0.15, 0.2) is 94.8 Å². The van der Waals surface area contributed by atoms with E-state index in [0.29, 0.717) is 22.4 Å². The monoisotopic (exact) mass is 486 g/mol. The van der Waals surface area contributed by atoms with E-state index in [1.807, 2.05) is 78.9 Å². The van der Waals surface area contributed by atoms with Crippen molar-refractivity contribution in [2.24, 2.45) is 4.99 Å². The number of amidine groups is 1. The number of benzene rings is 3. The molecule has 1 saturated heterocycles. The predicted octanol–water partition coefficient (Wildman–Crippen LogP) is 5.82. The Morgan fingerprint density at radius 1 is 0.971 bits per heavy atom. The van der Waals surface area contributed by atoms with Crippen LogP contribution in [0.2, 0.25) is 0 Å². The van der Waals surface area contributed by atoms with Crippen LogP contribution in [-0.4, -0.2) is 34.7 Å². The van der Waals surface area contributed by atoms with Crippen LogP contribution in [0.4, 0.5) is 5.69 Å². The largest absolute Gasteiger partial charge is 0.482 e. The molecular formula is C28H26N2O4S. The Labute approximate surface area is 209 Å². The van der Waals surface area contributed by atoms with Crippen LogP contribution >= 0.6 is 11.8 Å². The molecule has 0 spiro atoms. The molecule has 0 radical (unpaired) electrons. The van der Waals surface area contributed by atoms with Gasteiger partial charge in [0.05, 0.1) is 23.2 Å². The molecular weight excluding hydrogens is 460 g/mol. The number of aliphatic imine (C=N–C) groups is 1. The van der Waals surface area contributed by atoms with Crippen LogP contribution in [0, 0.1) is 0 Å². The van der Waals surface area contributed by atoms with Crippen molar-refractivity contribution in [3.63, 3.8) is 0 Å². The van der Waals surface area contributed by atoms with Gasteiger partial charge in [-0.2, -0.15) is 0 Å². The Hall–Kier alpha value is -3.84. The minimum Gasteiger partial charge on any atom is -0.482 e. The van der Waals surface area contributed by atoms with Gasteiger partial charge in [-0.05, 0) is 67.1 Å². The summed E-state index contributed by atoms with van der Waals surface area (Å²) >= 11 is 1.35. The van der Waals surface area contributed by atoms with Crippen LogP contribution < -0.4 is 4.74 Å². The van der Waals surface area contributed by atoms with E-state index in [4.69, 9.17) is 14.5 Å². The average Bonchev–Trinajstić information content (AvgIpc) is 3.13. The molecule has 0 unspecified atom stereocenters. The van der Waals surface area contributed by atoms with Gasteiger partial charge in [-0.25, -0.2) is 9.79 Å². The number of para-hydroxylation sites is 1. The van der Waals surface area contributed by atoms with Crippen LogP contribution in [0.1, 0.15) is 25.0 Å². The van der Waals surface area contributed by atoms with Gasteiger partial charge in [-0.1, -0.05) is 60.7 Å². The van der Waals surface area contributed by atoms with Crippen molar-refractivity contribution >= 4 is 40.6 Å². The number of ether oxygens (including phenoxy) is 2. The van der Waals surface area contributed by atoms with Crippen molar-refractivity contribution in [1.29, 1.82) is 0 Å². The molecule has 3 aromatic carbocycles. The summed E-state index contributed by atoms with van der Waals surface area (Å²) in [6.07, 6.45) is 1.66. The molecule has 1 aliphatic heterocycles. The molecule has 0 aliphatic carbocycles. The van der Waals surface area contributed by atoms with E-state index >= 15 is 0 Å². The van der Waals surface area contributed by atoms with Gasteiger partial charge in [0, 0.05) is 0 Å². The average molecular weight is 487 g/mol. The first-order chi connectivity index (χ1) is 17.0. The van der Waals surface area contributed by atoms with E-state index in [-0.39, 0.29) is 18.6 Å². The third-order valence-corrected chi connectivity index (χ3v) is 5.96. The lowest BCUT2D eigenvalue weighted by Crippen LogP contribution is -2.28. The molecule has 6 nitrogen and oxygen atoms in total. The zero-order valence-corrected chi connectivity index (χ0v) is 20.4. The van der Waals surface area contributed by atoms with Gasteiger partial charge < -0.3 is 9.47 Å². The molecule has 1 amide bonds. The Morgan fingerprint density at radius 3 is 2.29 bits per heavy atom. The lowest BCUT2D eigenvalue weighted by Gasteiger charge is -2.15. The van der Waals surface area contributed by atoms with E-state index < -0.39 is 5.97 Å². The van der Waals surface area contributed by atoms with Crippen molar-refractivity contribution < 1.29 is 19.1 Å². The maximum absolute atomic E-state index is 13.3. The van der Waals surface area contributed by atoms with Crippen molar-refractivity contribution in [1.82, 2.24) is 4.90 Å². The van der Waals surface area contributed by atoms with E-state index in [1.165, 1.54) is 11.8 Å². The summed E-state index contributed by atoms with van der Waals surface area (Å²) in [4.78, 5) is 32.0. The lowest BCUT2D eigenvalue weighted by atomic mass is 10.2. The van der Waals surface area contributed by atoms with Crippen molar-refractivity contribution in [2.75, 3.05) is 6.61 Å². The number of thioether (sulfide) groups is 1. The quantitative estimate of drug-likeness (QED) is 0.296. The third kappa shape index (κ3) is 6.83. The second-order valence-electron chi connectivity index (χ2n) is 8.11. The van der Waals surface area contributed by atoms with Crippen molar-refractivity contribution in [3.8, 4) is 5.75 Å². The van der Waals surface area contributed by atoms with Crippen molar-refractivity contribution in [2.45, 2.75) is 26.5 Å². The highest BCUT2D eigenvalue weighted by Crippen LogP contribution is 2.35. The zero-order chi connectivity index (χ0) is 24.6. The lowest BCUT2D eigenvalue weighted by molar-refractivity contribution is -0.149. The Balaban J connectivity index is 1.52. The molecule has 1 aliphatic rings. The number of hydrogen-bond acceptors (Lipinski definition) is 6. The maximum Gasteiger partial charge on any atom is 0.344 e. The van der Waals surface area contributed by atoms with Crippen molar-refractivity contribution in [3.05, 3.63) is 101 Å². The molecule has 0 bridgehead atoms. The van der Waals surface area contributed by atoms with Gasteiger partial charge in [-0.15, -0.1) is 0 Å². The number of amides is 1. The summed E-state index contributed by atoms with van der Waals surface area (Å²) in [6, 6.07) is 26.7. The molecule has 0 saturated carbocycles. The SMILES string of the molecule is CC(C)OC(=O)COc1ccc(/C=C2\SC(=Nc3ccccc3)N(Cc3ccccc3)C2=O)cc1. The van der Waals surface area contributed by atoms with Crippen LogP contribution in [-0.2, 0) is 20.9 Å². The Bertz CT molecular complexity index is 1220. The predicted molar refractivity (Wildman–Crippen MR) is 139 cm³/mol. The first-order valence-corrected chi connectivity index (χ1v) is 12.1.